The molecule has 6 nitrogen and oxygen atoms in total. The highest BCUT2D eigenvalue weighted by molar-refractivity contribution is 6.30. The molecule has 0 aliphatic carbocycles. The molecule has 0 spiro atoms. The number of halogens is 3. The van der Waals surface area contributed by atoms with Crippen molar-refractivity contribution in [2.45, 2.75) is 19.9 Å². The third-order valence-corrected chi connectivity index (χ3v) is 4.68. The highest BCUT2D eigenvalue weighted by Crippen LogP contribution is 2.29. The van der Waals surface area contributed by atoms with Crippen molar-refractivity contribution in [2.24, 2.45) is 0 Å². The molecular weight excluding hydrogens is 416 g/mol. The van der Waals surface area contributed by atoms with Gasteiger partial charge >= 0.3 is 5.56 Å². The van der Waals surface area contributed by atoms with E-state index in [9.17, 15) is 13.6 Å². The monoisotopic (exact) mass is 435 g/mol. The van der Waals surface area contributed by atoms with E-state index in [1.165, 1.54) is 44.7 Å². The SMILES string of the molecule is CCc1cc(F)c(OC)cc1Nc1nc(=O)c(OC)cn1Cc1cc(F)cc(Cl)c1. The standard InChI is InChI=1S/C21H20ClF2N3O3/c1-4-13-7-16(24)18(29-2)9-17(13)25-21-26-20(28)19(30-3)11-27(21)10-12-5-14(22)8-15(23)6-12/h5-9,11H,4,10H2,1-3H3,(H,25,26,28). The molecule has 0 amide bonds. The van der Waals surface area contributed by atoms with Gasteiger partial charge in [-0.2, -0.15) is 4.98 Å². The van der Waals surface area contributed by atoms with E-state index in [1.807, 2.05) is 6.92 Å². The Balaban J connectivity index is 2.08. The van der Waals surface area contributed by atoms with E-state index in [2.05, 4.69) is 10.3 Å². The highest BCUT2D eigenvalue weighted by Gasteiger charge is 2.15. The van der Waals surface area contributed by atoms with E-state index in [4.69, 9.17) is 21.1 Å². The number of hydrogen-bond donors (Lipinski definition) is 1. The summed E-state index contributed by atoms with van der Waals surface area (Å²) in [6.45, 7) is 2.03. The van der Waals surface area contributed by atoms with Gasteiger partial charge in [0.15, 0.2) is 11.6 Å². The number of hydrogen-bond acceptors (Lipinski definition) is 5. The first-order chi connectivity index (χ1) is 14.3. The Kier molecular flexibility index (Phi) is 6.56. The Hall–Kier alpha value is -3.13. The van der Waals surface area contributed by atoms with Gasteiger partial charge in [0.05, 0.1) is 27.0 Å². The van der Waals surface area contributed by atoms with Gasteiger partial charge in [-0.3, -0.25) is 4.79 Å². The number of rotatable bonds is 7. The summed E-state index contributed by atoms with van der Waals surface area (Å²) >= 11 is 5.95. The molecule has 0 atom stereocenters. The average Bonchev–Trinajstić information content (AvgIpc) is 2.70. The molecule has 1 aromatic heterocycles. The van der Waals surface area contributed by atoms with Crippen LogP contribution < -0.4 is 20.3 Å². The molecule has 3 aromatic rings. The normalized spacial score (nSPS) is 10.7. The lowest BCUT2D eigenvalue weighted by molar-refractivity contribution is 0.386. The number of aryl methyl sites for hydroxylation is 1. The molecule has 0 saturated carbocycles. The predicted octanol–water partition coefficient (Wildman–Crippen LogP) is 4.55. The summed E-state index contributed by atoms with van der Waals surface area (Å²) in [6, 6.07) is 7.00. The number of nitrogens with one attached hydrogen (secondary N) is 1. The minimum absolute atomic E-state index is 0.0236. The molecule has 0 saturated heterocycles. The van der Waals surface area contributed by atoms with E-state index in [0.717, 1.165) is 0 Å². The summed E-state index contributed by atoms with van der Waals surface area (Å²) < 4.78 is 39.6. The van der Waals surface area contributed by atoms with Crippen LogP contribution >= 0.6 is 11.6 Å². The Morgan fingerprint density at radius 3 is 2.47 bits per heavy atom. The summed E-state index contributed by atoms with van der Waals surface area (Å²) in [5.74, 6) is -0.729. The minimum atomic E-state index is -0.583. The number of anilines is 2. The van der Waals surface area contributed by atoms with Crippen molar-refractivity contribution in [1.29, 1.82) is 0 Å². The molecule has 1 heterocycles. The lowest BCUT2D eigenvalue weighted by Crippen LogP contribution is -2.19. The van der Waals surface area contributed by atoms with Gasteiger partial charge in [0, 0.05) is 16.8 Å². The summed E-state index contributed by atoms with van der Waals surface area (Å²) in [6.07, 6.45) is 1.99. The molecule has 0 bridgehead atoms. The largest absolute Gasteiger partial charge is 0.494 e. The van der Waals surface area contributed by atoms with Crippen LogP contribution in [0.1, 0.15) is 18.1 Å². The van der Waals surface area contributed by atoms with Gasteiger partial charge in [-0.25, -0.2) is 8.78 Å². The summed E-state index contributed by atoms with van der Waals surface area (Å²) in [4.78, 5) is 16.3. The van der Waals surface area contributed by atoms with Crippen molar-refractivity contribution < 1.29 is 18.3 Å². The lowest BCUT2D eigenvalue weighted by atomic mass is 10.1. The third-order valence-electron chi connectivity index (χ3n) is 4.46. The van der Waals surface area contributed by atoms with E-state index in [1.54, 1.807) is 10.6 Å². The zero-order valence-corrected chi connectivity index (χ0v) is 17.4. The quantitative estimate of drug-likeness (QED) is 0.590. The van der Waals surface area contributed by atoms with Crippen molar-refractivity contribution in [3.63, 3.8) is 0 Å². The fraction of sp³-hybridized carbons (Fsp3) is 0.238. The molecule has 30 heavy (non-hydrogen) atoms. The van der Waals surface area contributed by atoms with Crippen molar-refractivity contribution in [2.75, 3.05) is 19.5 Å². The molecule has 0 radical (unpaired) electrons. The fourth-order valence-corrected chi connectivity index (χ4v) is 3.26. The first-order valence-corrected chi connectivity index (χ1v) is 9.46. The van der Waals surface area contributed by atoms with E-state index >= 15 is 0 Å². The lowest BCUT2D eigenvalue weighted by Gasteiger charge is -2.18. The van der Waals surface area contributed by atoms with Gasteiger partial charge in [0.25, 0.3) is 0 Å². The molecule has 0 aliphatic rings. The van der Waals surface area contributed by atoms with Gasteiger partial charge in [-0.1, -0.05) is 18.5 Å². The van der Waals surface area contributed by atoms with Gasteiger partial charge in [0.1, 0.15) is 5.82 Å². The number of nitrogens with zero attached hydrogens (tertiary/aromatic N) is 2. The van der Waals surface area contributed by atoms with E-state index in [-0.39, 0.29) is 29.0 Å². The maximum Gasteiger partial charge on any atom is 0.316 e. The van der Waals surface area contributed by atoms with Crippen LogP contribution in [0.3, 0.4) is 0 Å². The van der Waals surface area contributed by atoms with Crippen LogP contribution in [0.15, 0.2) is 41.3 Å². The number of ether oxygens (including phenoxy) is 2. The van der Waals surface area contributed by atoms with E-state index < -0.39 is 17.2 Å². The first-order valence-electron chi connectivity index (χ1n) is 9.08. The van der Waals surface area contributed by atoms with Crippen LogP contribution in [0.25, 0.3) is 0 Å². The van der Waals surface area contributed by atoms with Crippen molar-refractivity contribution in [1.82, 2.24) is 9.55 Å². The van der Waals surface area contributed by atoms with Crippen LogP contribution in [0.5, 0.6) is 11.5 Å². The third kappa shape index (κ3) is 4.71. The smallest absolute Gasteiger partial charge is 0.316 e. The first kappa shape index (κ1) is 21.6. The summed E-state index contributed by atoms with van der Waals surface area (Å²) in [5.41, 5.74) is 1.17. The molecule has 3 rings (SSSR count). The zero-order chi connectivity index (χ0) is 21.8. The maximum absolute atomic E-state index is 14.1. The molecule has 2 aromatic carbocycles. The predicted molar refractivity (Wildman–Crippen MR) is 111 cm³/mol. The Labute approximate surface area is 177 Å². The van der Waals surface area contributed by atoms with Gasteiger partial charge in [-0.15, -0.1) is 0 Å². The number of aromatic nitrogens is 2. The van der Waals surface area contributed by atoms with Crippen LogP contribution in [-0.4, -0.2) is 23.8 Å². The van der Waals surface area contributed by atoms with Crippen LogP contribution in [-0.2, 0) is 13.0 Å². The zero-order valence-electron chi connectivity index (χ0n) is 16.6. The number of benzene rings is 2. The molecule has 9 heteroatoms. The molecular formula is C21H20ClF2N3O3. The van der Waals surface area contributed by atoms with Gasteiger partial charge in [0.2, 0.25) is 11.7 Å². The van der Waals surface area contributed by atoms with Crippen LogP contribution in [0.2, 0.25) is 5.02 Å². The Morgan fingerprint density at radius 2 is 1.83 bits per heavy atom. The topological polar surface area (TPSA) is 65.4 Å². The van der Waals surface area contributed by atoms with Crippen molar-refractivity contribution >= 4 is 23.2 Å². The summed E-state index contributed by atoms with van der Waals surface area (Å²) in [5, 5.41) is 3.31. The molecule has 0 fully saturated rings. The fourth-order valence-electron chi connectivity index (χ4n) is 3.01. The minimum Gasteiger partial charge on any atom is -0.494 e. The second-order valence-electron chi connectivity index (χ2n) is 6.47. The highest BCUT2D eigenvalue weighted by atomic mass is 35.5. The van der Waals surface area contributed by atoms with Gasteiger partial charge in [-0.05, 0) is 41.8 Å². The maximum atomic E-state index is 14.1. The van der Waals surface area contributed by atoms with Crippen molar-refractivity contribution in [3.05, 3.63) is 74.7 Å². The van der Waals surface area contributed by atoms with Crippen LogP contribution in [0.4, 0.5) is 20.4 Å². The average molecular weight is 436 g/mol. The Morgan fingerprint density at radius 1 is 1.10 bits per heavy atom. The molecule has 0 unspecified atom stereocenters. The molecule has 1 N–H and O–H groups in total. The molecule has 0 aliphatic heterocycles. The van der Waals surface area contributed by atoms with Crippen LogP contribution in [0, 0.1) is 11.6 Å². The Bertz CT molecular complexity index is 1110. The van der Waals surface area contributed by atoms with Crippen molar-refractivity contribution in [3.8, 4) is 11.5 Å². The molecule has 158 valence electrons. The van der Waals surface area contributed by atoms with Gasteiger partial charge < -0.3 is 19.4 Å². The second kappa shape index (κ2) is 9.13. The summed E-state index contributed by atoms with van der Waals surface area (Å²) in [7, 11) is 2.72. The van der Waals surface area contributed by atoms with E-state index in [0.29, 0.717) is 23.2 Å². The second-order valence-corrected chi connectivity index (χ2v) is 6.90. The number of methoxy groups -OCH3 is 2.